The third-order valence-electron chi connectivity index (χ3n) is 2.74. The van der Waals surface area contributed by atoms with Gasteiger partial charge in [-0.2, -0.15) is 0 Å². The molecular formula is C12H17NO. The van der Waals surface area contributed by atoms with Crippen LogP contribution < -0.4 is 5.32 Å². The Labute approximate surface area is 85.3 Å². The van der Waals surface area contributed by atoms with Crippen LogP contribution in [0.1, 0.15) is 25.0 Å². The second-order valence-electron chi connectivity index (χ2n) is 3.67. The van der Waals surface area contributed by atoms with E-state index in [9.17, 15) is 0 Å². The summed E-state index contributed by atoms with van der Waals surface area (Å²) in [5.41, 5.74) is 1.28. The lowest BCUT2D eigenvalue weighted by atomic mass is 9.99. The van der Waals surface area contributed by atoms with Crippen LogP contribution in [0.15, 0.2) is 30.3 Å². The monoisotopic (exact) mass is 191 g/mol. The van der Waals surface area contributed by atoms with Gasteiger partial charge in [0.1, 0.15) is 0 Å². The second-order valence-corrected chi connectivity index (χ2v) is 3.67. The molecule has 1 heterocycles. The second kappa shape index (κ2) is 4.58. The van der Waals surface area contributed by atoms with E-state index in [4.69, 9.17) is 4.74 Å². The molecule has 1 N–H and O–H groups in total. The molecule has 2 atom stereocenters. The molecule has 0 saturated carbocycles. The molecule has 76 valence electrons. The number of hydrogen-bond acceptors (Lipinski definition) is 2. The maximum absolute atomic E-state index is 5.80. The van der Waals surface area contributed by atoms with Gasteiger partial charge in [-0.1, -0.05) is 37.3 Å². The van der Waals surface area contributed by atoms with Gasteiger partial charge in [-0.3, -0.25) is 0 Å². The molecule has 1 saturated heterocycles. The van der Waals surface area contributed by atoms with E-state index in [1.165, 1.54) is 5.56 Å². The van der Waals surface area contributed by atoms with Crippen LogP contribution in [0.4, 0.5) is 0 Å². The van der Waals surface area contributed by atoms with Gasteiger partial charge >= 0.3 is 0 Å². The summed E-state index contributed by atoms with van der Waals surface area (Å²) in [6.45, 7) is 3.99. The number of rotatable bonds is 2. The summed E-state index contributed by atoms with van der Waals surface area (Å²) < 4.78 is 5.80. The van der Waals surface area contributed by atoms with E-state index in [1.807, 2.05) is 6.07 Å². The average Bonchev–Trinajstić information content (AvgIpc) is 2.30. The van der Waals surface area contributed by atoms with Crippen molar-refractivity contribution in [2.45, 2.75) is 25.5 Å². The van der Waals surface area contributed by atoms with Crippen LogP contribution in [-0.2, 0) is 4.74 Å². The molecule has 1 aliphatic heterocycles. The molecule has 1 fully saturated rings. The van der Waals surface area contributed by atoms with Gasteiger partial charge in [0.25, 0.3) is 0 Å². The first-order chi connectivity index (χ1) is 6.92. The lowest BCUT2D eigenvalue weighted by molar-refractivity contribution is -0.00641. The normalized spacial score (nSPS) is 27.5. The number of hydrogen-bond donors (Lipinski definition) is 1. The molecule has 0 radical (unpaired) electrons. The smallest absolute Gasteiger partial charge is 0.0978 e. The van der Waals surface area contributed by atoms with E-state index in [-0.39, 0.29) is 6.10 Å². The van der Waals surface area contributed by atoms with E-state index in [0.29, 0.717) is 6.04 Å². The zero-order chi connectivity index (χ0) is 9.80. The lowest BCUT2D eigenvalue weighted by Crippen LogP contribution is -2.43. The number of benzene rings is 1. The van der Waals surface area contributed by atoms with Crippen LogP contribution in [0.2, 0.25) is 0 Å². The van der Waals surface area contributed by atoms with E-state index < -0.39 is 0 Å². The van der Waals surface area contributed by atoms with Gasteiger partial charge < -0.3 is 10.1 Å². The van der Waals surface area contributed by atoms with Crippen LogP contribution in [0.3, 0.4) is 0 Å². The van der Waals surface area contributed by atoms with Gasteiger partial charge in [0.2, 0.25) is 0 Å². The molecule has 0 aromatic heterocycles. The third-order valence-corrected chi connectivity index (χ3v) is 2.74. The fourth-order valence-electron chi connectivity index (χ4n) is 1.98. The Kier molecular flexibility index (Phi) is 3.17. The Balaban J connectivity index is 2.15. The summed E-state index contributed by atoms with van der Waals surface area (Å²) >= 11 is 0. The first-order valence-corrected chi connectivity index (χ1v) is 5.31. The lowest BCUT2D eigenvalue weighted by Gasteiger charge is -2.32. The van der Waals surface area contributed by atoms with Crippen molar-refractivity contribution in [3.8, 4) is 0 Å². The minimum absolute atomic E-state index is 0.231. The molecule has 2 rings (SSSR count). The highest BCUT2D eigenvalue weighted by Crippen LogP contribution is 2.24. The highest BCUT2D eigenvalue weighted by atomic mass is 16.5. The molecule has 0 amide bonds. The zero-order valence-electron chi connectivity index (χ0n) is 8.57. The van der Waals surface area contributed by atoms with E-state index >= 15 is 0 Å². The number of morpholine rings is 1. The molecular weight excluding hydrogens is 174 g/mol. The SMILES string of the molecule is CC[C@@H]1NCCO[C@H]1c1ccccc1. The molecule has 0 unspecified atom stereocenters. The van der Waals surface area contributed by atoms with Crippen molar-refractivity contribution in [3.05, 3.63) is 35.9 Å². The Bertz CT molecular complexity index is 273. The summed E-state index contributed by atoms with van der Waals surface area (Å²) in [5, 5.41) is 3.49. The minimum atomic E-state index is 0.231. The van der Waals surface area contributed by atoms with Crippen molar-refractivity contribution in [2.24, 2.45) is 0 Å². The van der Waals surface area contributed by atoms with Crippen molar-refractivity contribution >= 4 is 0 Å². The summed E-state index contributed by atoms with van der Waals surface area (Å²) in [7, 11) is 0. The molecule has 14 heavy (non-hydrogen) atoms. The predicted octanol–water partition coefficient (Wildman–Crippen LogP) is 2.13. The van der Waals surface area contributed by atoms with Crippen molar-refractivity contribution in [2.75, 3.05) is 13.2 Å². The maximum atomic E-state index is 5.80. The first-order valence-electron chi connectivity index (χ1n) is 5.31. The zero-order valence-corrected chi connectivity index (χ0v) is 8.57. The standard InChI is InChI=1S/C12H17NO/c1-2-11-12(14-9-8-13-11)10-6-4-3-5-7-10/h3-7,11-13H,2,8-9H2,1H3/t11-,12-/m0/s1. The number of ether oxygens (including phenoxy) is 1. The molecule has 0 aliphatic carbocycles. The summed E-state index contributed by atoms with van der Waals surface area (Å²) in [5.74, 6) is 0. The maximum Gasteiger partial charge on any atom is 0.0978 e. The van der Waals surface area contributed by atoms with Crippen molar-refractivity contribution in [3.63, 3.8) is 0 Å². The Morgan fingerprint density at radius 2 is 2.14 bits per heavy atom. The van der Waals surface area contributed by atoms with Crippen molar-refractivity contribution < 1.29 is 4.74 Å². The number of nitrogens with one attached hydrogen (secondary N) is 1. The molecule has 0 spiro atoms. The first kappa shape index (κ1) is 9.69. The molecule has 1 aromatic carbocycles. The molecule has 0 bridgehead atoms. The average molecular weight is 191 g/mol. The molecule has 1 aliphatic rings. The van der Waals surface area contributed by atoms with Crippen LogP contribution in [0, 0.1) is 0 Å². The van der Waals surface area contributed by atoms with E-state index in [2.05, 4.69) is 36.5 Å². The largest absolute Gasteiger partial charge is 0.371 e. The van der Waals surface area contributed by atoms with Gasteiger partial charge in [-0.05, 0) is 12.0 Å². The van der Waals surface area contributed by atoms with Crippen LogP contribution in [0.25, 0.3) is 0 Å². The van der Waals surface area contributed by atoms with Gasteiger partial charge in [0.05, 0.1) is 12.7 Å². The van der Waals surface area contributed by atoms with E-state index in [0.717, 1.165) is 19.6 Å². The van der Waals surface area contributed by atoms with E-state index in [1.54, 1.807) is 0 Å². The Morgan fingerprint density at radius 3 is 2.86 bits per heavy atom. The highest BCUT2D eigenvalue weighted by Gasteiger charge is 2.24. The van der Waals surface area contributed by atoms with Gasteiger partial charge in [-0.25, -0.2) is 0 Å². The summed E-state index contributed by atoms with van der Waals surface area (Å²) in [6, 6.07) is 10.9. The summed E-state index contributed by atoms with van der Waals surface area (Å²) in [6.07, 6.45) is 1.34. The molecule has 2 heteroatoms. The van der Waals surface area contributed by atoms with Gasteiger partial charge in [0.15, 0.2) is 0 Å². The summed E-state index contributed by atoms with van der Waals surface area (Å²) in [4.78, 5) is 0. The fourth-order valence-corrected chi connectivity index (χ4v) is 1.98. The Morgan fingerprint density at radius 1 is 1.36 bits per heavy atom. The molecule has 1 aromatic rings. The minimum Gasteiger partial charge on any atom is -0.371 e. The quantitative estimate of drug-likeness (QED) is 0.773. The Hall–Kier alpha value is -0.860. The van der Waals surface area contributed by atoms with Gasteiger partial charge in [-0.15, -0.1) is 0 Å². The third kappa shape index (κ3) is 1.97. The predicted molar refractivity (Wildman–Crippen MR) is 57.2 cm³/mol. The van der Waals surface area contributed by atoms with Crippen LogP contribution in [-0.4, -0.2) is 19.2 Å². The highest BCUT2D eigenvalue weighted by molar-refractivity contribution is 5.19. The van der Waals surface area contributed by atoms with Gasteiger partial charge in [0, 0.05) is 12.6 Å². The molecule has 2 nitrogen and oxygen atoms in total. The van der Waals surface area contributed by atoms with Crippen LogP contribution >= 0.6 is 0 Å². The topological polar surface area (TPSA) is 21.3 Å². The van der Waals surface area contributed by atoms with Crippen LogP contribution in [0.5, 0.6) is 0 Å². The fraction of sp³-hybridized carbons (Fsp3) is 0.500. The van der Waals surface area contributed by atoms with Crippen molar-refractivity contribution in [1.29, 1.82) is 0 Å². The van der Waals surface area contributed by atoms with Crippen molar-refractivity contribution in [1.82, 2.24) is 5.32 Å².